The van der Waals surface area contributed by atoms with Gasteiger partial charge in [0.25, 0.3) is 0 Å². The van der Waals surface area contributed by atoms with Gasteiger partial charge in [0.2, 0.25) is 0 Å². The highest BCUT2D eigenvalue weighted by atomic mass is 16.6. The lowest BCUT2D eigenvalue weighted by molar-refractivity contribution is -0.383. The monoisotopic (exact) mass is 257 g/mol. The molecule has 19 heavy (non-hydrogen) atoms. The van der Waals surface area contributed by atoms with E-state index in [9.17, 15) is 10.1 Å². The summed E-state index contributed by atoms with van der Waals surface area (Å²) in [5.74, 6) is 0. The fourth-order valence-electron chi connectivity index (χ4n) is 2.07. The number of para-hydroxylation sites is 2. The molecule has 2 N–H and O–H groups in total. The average Bonchev–Trinajstić information content (AvgIpc) is 2.40. The topological polar surface area (TPSA) is 72.4 Å². The van der Waals surface area contributed by atoms with Crippen LogP contribution in [0.2, 0.25) is 0 Å². The lowest BCUT2D eigenvalue weighted by atomic mass is 10.2. The molecule has 0 aromatic heterocycles. The molecule has 0 aliphatic rings. The van der Waals surface area contributed by atoms with Crippen LogP contribution in [0.4, 0.5) is 22.7 Å². The van der Waals surface area contributed by atoms with E-state index >= 15 is 0 Å². The van der Waals surface area contributed by atoms with Gasteiger partial charge in [0.15, 0.2) is 0 Å². The molecule has 0 radical (unpaired) electrons. The highest BCUT2D eigenvalue weighted by Gasteiger charge is 2.22. The second kappa shape index (κ2) is 5.39. The maximum atomic E-state index is 11.2. The van der Waals surface area contributed by atoms with Crippen LogP contribution < -0.4 is 10.6 Å². The number of benzene rings is 2. The zero-order valence-electron chi connectivity index (χ0n) is 10.6. The molecule has 0 unspecified atom stereocenters. The molecular formula is C14H15N3O2. The Hall–Kier alpha value is -2.56. The number of nitrogen functional groups attached to an aromatic ring is 1. The Labute approximate surface area is 111 Å². The summed E-state index contributed by atoms with van der Waals surface area (Å²) >= 11 is 0. The molecule has 0 aliphatic heterocycles. The predicted molar refractivity (Wildman–Crippen MR) is 76.6 cm³/mol. The molecule has 0 atom stereocenters. The van der Waals surface area contributed by atoms with Gasteiger partial charge in [-0.05, 0) is 31.2 Å². The molecule has 0 heterocycles. The summed E-state index contributed by atoms with van der Waals surface area (Å²) in [5, 5.41) is 11.2. The molecule has 0 saturated carbocycles. The number of nitro benzene ring substituents is 1. The molecule has 2 aromatic rings. The molecule has 2 rings (SSSR count). The van der Waals surface area contributed by atoms with E-state index in [2.05, 4.69) is 0 Å². The standard InChI is InChI=1S/C14H15N3O2/c1-2-16(11-7-4-3-5-8-11)13-10-6-9-12(15)14(13)17(18)19/h3-10H,2,15H2,1H3. The predicted octanol–water partition coefficient (Wildman–Crippen LogP) is 3.34. The SMILES string of the molecule is CCN(c1ccccc1)c1cccc(N)c1[N+](=O)[O-]. The van der Waals surface area contributed by atoms with E-state index in [0.717, 1.165) is 5.69 Å². The summed E-state index contributed by atoms with van der Waals surface area (Å²) in [6.07, 6.45) is 0. The molecule has 0 spiro atoms. The van der Waals surface area contributed by atoms with Crippen molar-refractivity contribution in [2.45, 2.75) is 6.92 Å². The minimum atomic E-state index is -0.434. The smallest absolute Gasteiger partial charge is 0.315 e. The van der Waals surface area contributed by atoms with E-state index in [0.29, 0.717) is 12.2 Å². The average molecular weight is 257 g/mol. The first-order chi connectivity index (χ1) is 9.15. The van der Waals surface area contributed by atoms with Gasteiger partial charge < -0.3 is 10.6 Å². The van der Waals surface area contributed by atoms with Crippen molar-refractivity contribution < 1.29 is 4.92 Å². The van der Waals surface area contributed by atoms with E-state index in [1.807, 2.05) is 42.2 Å². The summed E-state index contributed by atoms with van der Waals surface area (Å²) in [6, 6.07) is 14.5. The molecule has 2 aromatic carbocycles. The van der Waals surface area contributed by atoms with Gasteiger partial charge in [-0.1, -0.05) is 24.3 Å². The van der Waals surface area contributed by atoms with Gasteiger partial charge in [-0.25, -0.2) is 0 Å². The van der Waals surface area contributed by atoms with Crippen LogP contribution in [0.1, 0.15) is 6.92 Å². The minimum Gasteiger partial charge on any atom is -0.393 e. The first-order valence-corrected chi connectivity index (χ1v) is 6.00. The molecule has 0 bridgehead atoms. The third-order valence-electron chi connectivity index (χ3n) is 2.90. The number of nitrogens with zero attached hydrogens (tertiary/aromatic N) is 2. The van der Waals surface area contributed by atoms with Crippen molar-refractivity contribution >= 4 is 22.7 Å². The maximum Gasteiger partial charge on any atom is 0.315 e. The summed E-state index contributed by atoms with van der Waals surface area (Å²) in [6.45, 7) is 2.56. The van der Waals surface area contributed by atoms with Crippen molar-refractivity contribution in [2.75, 3.05) is 17.2 Å². The second-order valence-electron chi connectivity index (χ2n) is 4.05. The number of hydrogen-bond donors (Lipinski definition) is 1. The maximum absolute atomic E-state index is 11.2. The van der Waals surface area contributed by atoms with Gasteiger partial charge in [-0.3, -0.25) is 10.1 Å². The van der Waals surface area contributed by atoms with Crippen molar-refractivity contribution in [3.05, 3.63) is 58.6 Å². The molecule has 98 valence electrons. The normalized spacial score (nSPS) is 10.2. The molecule has 5 nitrogen and oxygen atoms in total. The number of rotatable bonds is 4. The zero-order valence-corrected chi connectivity index (χ0v) is 10.6. The lowest BCUT2D eigenvalue weighted by Crippen LogP contribution is -2.17. The molecule has 0 saturated heterocycles. The van der Waals surface area contributed by atoms with Crippen molar-refractivity contribution in [1.82, 2.24) is 0 Å². The van der Waals surface area contributed by atoms with Gasteiger partial charge >= 0.3 is 5.69 Å². The number of anilines is 3. The fourth-order valence-corrected chi connectivity index (χ4v) is 2.07. The van der Waals surface area contributed by atoms with Gasteiger partial charge in [0.1, 0.15) is 11.4 Å². The van der Waals surface area contributed by atoms with E-state index in [1.165, 1.54) is 0 Å². The van der Waals surface area contributed by atoms with E-state index in [4.69, 9.17) is 5.73 Å². The third kappa shape index (κ3) is 2.49. The third-order valence-corrected chi connectivity index (χ3v) is 2.90. The van der Waals surface area contributed by atoms with E-state index < -0.39 is 4.92 Å². The fraction of sp³-hybridized carbons (Fsp3) is 0.143. The van der Waals surface area contributed by atoms with Crippen molar-refractivity contribution in [3.8, 4) is 0 Å². The van der Waals surface area contributed by atoms with Crippen LogP contribution in [0.15, 0.2) is 48.5 Å². The molecule has 0 amide bonds. The van der Waals surface area contributed by atoms with Crippen LogP contribution in [-0.4, -0.2) is 11.5 Å². The van der Waals surface area contributed by atoms with Gasteiger partial charge in [-0.2, -0.15) is 0 Å². The highest BCUT2D eigenvalue weighted by molar-refractivity contribution is 5.79. The van der Waals surface area contributed by atoms with Crippen LogP contribution in [0.3, 0.4) is 0 Å². The van der Waals surface area contributed by atoms with Crippen LogP contribution in [0.5, 0.6) is 0 Å². The Bertz CT molecular complexity index is 584. The van der Waals surface area contributed by atoms with Crippen LogP contribution in [-0.2, 0) is 0 Å². The Balaban J connectivity index is 2.56. The van der Waals surface area contributed by atoms with Crippen LogP contribution in [0.25, 0.3) is 0 Å². The van der Waals surface area contributed by atoms with E-state index in [1.54, 1.807) is 18.2 Å². The Morgan fingerprint density at radius 2 is 1.84 bits per heavy atom. The first kappa shape index (κ1) is 12.9. The summed E-state index contributed by atoms with van der Waals surface area (Å²) in [7, 11) is 0. The molecular weight excluding hydrogens is 242 g/mol. The lowest BCUT2D eigenvalue weighted by Gasteiger charge is -2.23. The number of hydrogen-bond acceptors (Lipinski definition) is 4. The molecule has 0 fully saturated rings. The van der Waals surface area contributed by atoms with Crippen molar-refractivity contribution in [1.29, 1.82) is 0 Å². The van der Waals surface area contributed by atoms with E-state index in [-0.39, 0.29) is 11.4 Å². The van der Waals surface area contributed by atoms with Crippen molar-refractivity contribution in [3.63, 3.8) is 0 Å². The summed E-state index contributed by atoms with van der Waals surface area (Å²) in [5.41, 5.74) is 7.27. The Morgan fingerprint density at radius 1 is 1.16 bits per heavy atom. The summed E-state index contributed by atoms with van der Waals surface area (Å²) < 4.78 is 0. The van der Waals surface area contributed by atoms with Gasteiger partial charge in [0.05, 0.1) is 4.92 Å². The highest BCUT2D eigenvalue weighted by Crippen LogP contribution is 2.37. The first-order valence-electron chi connectivity index (χ1n) is 6.00. The quantitative estimate of drug-likeness (QED) is 0.518. The summed E-state index contributed by atoms with van der Waals surface area (Å²) in [4.78, 5) is 12.6. The van der Waals surface area contributed by atoms with Gasteiger partial charge in [-0.15, -0.1) is 0 Å². The largest absolute Gasteiger partial charge is 0.393 e. The molecule has 5 heteroatoms. The zero-order chi connectivity index (χ0) is 13.8. The Kier molecular flexibility index (Phi) is 3.66. The van der Waals surface area contributed by atoms with Crippen LogP contribution >= 0.6 is 0 Å². The number of nitro groups is 1. The van der Waals surface area contributed by atoms with Crippen LogP contribution in [0, 0.1) is 10.1 Å². The second-order valence-corrected chi connectivity index (χ2v) is 4.05. The van der Waals surface area contributed by atoms with Gasteiger partial charge in [0, 0.05) is 12.2 Å². The number of nitrogens with two attached hydrogens (primary N) is 1. The molecule has 0 aliphatic carbocycles. The minimum absolute atomic E-state index is 0.0480. The van der Waals surface area contributed by atoms with Crippen molar-refractivity contribution in [2.24, 2.45) is 0 Å². The Morgan fingerprint density at radius 3 is 2.42 bits per heavy atom.